The Bertz CT molecular complexity index is 925. The molecule has 1 amide bonds. The normalized spacial score (nSPS) is 25.2. The van der Waals surface area contributed by atoms with Gasteiger partial charge in [-0.05, 0) is 46.8 Å². The molecule has 1 aliphatic carbocycles. The van der Waals surface area contributed by atoms with E-state index in [1.165, 1.54) is 0 Å². The highest BCUT2D eigenvalue weighted by Crippen LogP contribution is 2.51. The second kappa shape index (κ2) is 8.73. The largest absolute Gasteiger partial charge is 0.480 e. The number of rotatable bonds is 6. The van der Waals surface area contributed by atoms with Crippen LogP contribution in [-0.2, 0) is 26.5 Å². The molecule has 1 aromatic heterocycles. The molecule has 7 nitrogen and oxygen atoms in total. The number of benzene rings is 1. The van der Waals surface area contributed by atoms with Crippen molar-refractivity contribution in [1.29, 1.82) is 0 Å². The van der Waals surface area contributed by atoms with Crippen LogP contribution in [0.3, 0.4) is 0 Å². The predicted molar refractivity (Wildman–Crippen MR) is 112 cm³/mol. The van der Waals surface area contributed by atoms with Crippen LogP contribution in [0.2, 0.25) is 0 Å². The first-order valence-electron chi connectivity index (χ1n) is 9.93. The Labute approximate surface area is 183 Å². The zero-order valence-corrected chi connectivity index (χ0v) is 18.0. The van der Waals surface area contributed by atoms with Crippen molar-refractivity contribution >= 4 is 28.0 Å². The fourth-order valence-electron chi connectivity index (χ4n) is 4.65. The molecule has 0 radical (unpaired) electrons. The van der Waals surface area contributed by atoms with Crippen molar-refractivity contribution < 1.29 is 24.2 Å². The van der Waals surface area contributed by atoms with Gasteiger partial charge >= 0.3 is 12.1 Å². The van der Waals surface area contributed by atoms with E-state index in [2.05, 4.69) is 20.9 Å². The molecule has 0 spiro atoms. The van der Waals surface area contributed by atoms with Crippen LogP contribution in [0.1, 0.15) is 30.4 Å². The fourth-order valence-corrected chi connectivity index (χ4v) is 5.24. The highest BCUT2D eigenvalue weighted by molar-refractivity contribution is 9.10. The molecule has 30 heavy (non-hydrogen) atoms. The van der Waals surface area contributed by atoms with Crippen molar-refractivity contribution in [1.82, 2.24) is 9.88 Å². The van der Waals surface area contributed by atoms with E-state index >= 15 is 0 Å². The van der Waals surface area contributed by atoms with Crippen LogP contribution in [0, 0.1) is 5.92 Å². The summed E-state index contributed by atoms with van der Waals surface area (Å²) in [5.41, 5.74) is 0.955. The number of likely N-dealkylation sites (tertiary alicyclic amines) is 1. The van der Waals surface area contributed by atoms with Crippen molar-refractivity contribution in [3.63, 3.8) is 0 Å². The number of ether oxygens (including phenoxy) is 2. The van der Waals surface area contributed by atoms with E-state index in [9.17, 15) is 14.7 Å². The molecular formula is C22H23BrN2O5. The van der Waals surface area contributed by atoms with Crippen molar-refractivity contribution in [3.05, 3.63) is 64.4 Å². The monoisotopic (exact) mass is 474 g/mol. The van der Waals surface area contributed by atoms with E-state index in [0.717, 1.165) is 17.5 Å². The maximum Gasteiger partial charge on any atom is 0.410 e. The van der Waals surface area contributed by atoms with E-state index < -0.39 is 18.2 Å². The zero-order valence-electron chi connectivity index (χ0n) is 16.4. The Balaban J connectivity index is 1.53. The molecular weight excluding hydrogens is 452 g/mol. The summed E-state index contributed by atoms with van der Waals surface area (Å²) in [5, 5.41) is 9.23. The summed E-state index contributed by atoms with van der Waals surface area (Å²) in [6.45, 7) is 0.280. The first-order chi connectivity index (χ1) is 14.5. The first-order valence-corrected chi connectivity index (χ1v) is 10.7. The smallest absolute Gasteiger partial charge is 0.410 e. The van der Waals surface area contributed by atoms with Gasteiger partial charge in [0, 0.05) is 30.3 Å². The number of carboxylic acids is 1. The average Bonchev–Trinajstić information content (AvgIpc) is 3.12. The minimum absolute atomic E-state index is 0.0413. The van der Waals surface area contributed by atoms with Gasteiger partial charge in [-0.3, -0.25) is 0 Å². The molecule has 3 unspecified atom stereocenters. The Morgan fingerprint density at radius 1 is 1.23 bits per heavy atom. The Kier molecular flexibility index (Phi) is 6.06. The molecule has 2 aliphatic rings. The van der Waals surface area contributed by atoms with E-state index in [1.54, 1.807) is 11.1 Å². The van der Waals surface area contributed by atoms with Gasteiger partial charge in [0.25, 0.3) is 0 Å². The Hall–Kier alpha value is -2.45. The van der Waals surface area contributed by atoms with E-state index in [-0.39, 0.29) is 24.7 Å². The lowest BCUT2D eigenvalue weighted by atomic mass is 9.72. The Morgan fingerprint density at radius 3 is 2.77 bits per heavy atom. The third-order valence-electron chi connectivity index (χ3n) is 6.03. The molecule has 158 valence electrons. The fraction of sp³-hybridized carbons (Fsp3) is 0.409. The molecule has 3 atom stereocenters. The predicted octanol–water partition coefficient (Wildman–Crippen LogP) is 3.96. The quantitative estimate of drug-likeness (QED) is 0.637. The van der Waals surface area contributed by atoms with E-state index in [4.69, 9.17) is 9.47 Å². The zero-order chi connectivity index (χ0) is 21.1. The minimum atomic E-state index is -1.02. The number of pyridine rings is 1. The number of carbonyl (C=O) groups is 2. The number of aliphatic carboxylic acids is 1. The highest BCUT2D eigenvalue weighted by Gasteiger charge is 2.54. The molecule has 2 aromatic rings. The number of nitrogens with zero attached hydrogens (tertiary/aromatic N) is 2. The summed E-state index contributed by atoms with van der Waals surface area (Å²) in [6.07, 6.45) is 3.39. The maximum absolute atomic E-state index is 12.8. The third kappa shape index (κ3) is 4.06. The molecule has 1 saturated heterocycles. The third-order valence-corrected chi connectivity index (χ3v) is 6.66. The van der Waals surface area contributed by atoms with E-state index in [1.807, 2.05) is 42.5 Å². The number of hydrogen-bond acceptors (Lipinski definition) is 5. The minimum Gasteiger partial charge on any atom is -0.480 e. The number of fused-ring (bicyclic) bond motifs is 2. The van der Waals surface area contributed by atoms with Crippen LogP contribution >= 0.6 is 15.9 Å². The van der Waals surface area contributed by atoms with Crippen LogP contribution in [0.15, 0.2) is 53.3 Å². The van der Waals surface area contributed by atoms with Crippen LogP contribution < -0.4 is 0 Å². The summed E-state index contributed by atoms with van der Waals surface area (Å²) >= 11 is 3.50. The molecule has 4 rings (SSSR count). The van der Waals surface area contributed by atoms with Gasteiger partial charge in [0.2, 0.25) is 0 Å². The molecule has 2 bridgehead atoms. The number of carbonyl (C=O) groups excluding carboxylic acids is 1. The maximum atomic E-state index is 12.8. The van der Waals surface area contributed by atoms with Crippen molar-refractivity contribution in [2.75, 3.05) is 13.2 Å². The number of aromatic nitrogens is 1. The average molecular weight is 475 g/mol. The molecule has 1 aromatic carbocycles. The number of carboxylic acid groups (broad SMARTS) is 1. The molecule has 8 heteroatoms. The molecule has 2 heterocycles. The van der Waals surface area contributed by atoms with Crippen LogP contribution in [0.25, 0.3) is 0 Å². The summed E-state index contributed by atoms with van der Waals surface area (Å²) in [5.74, 6) is -1.06. The lowest BCUT2D eigenvalue weighted by Gasteiger charge is -2.41. The number of halogens is 1. The van der Waals surface area contributed by atoms with Crippen molar-refractivity contribution in [2.24, 2.45) is 5.92 Å². The van der Waals surface area contributed by atoms with Gasteiger partial charge in [-0.2, -0.15) is 0 Å². The van der Waals surface area contributed by atoms with Gasteiger partial charge < -0.3 is 19.5 Å². The standard InChI is InChI=1S/C22H23BrN2O5/c23-20-18(7-4-10-24-20)22(30-14-19(26)27)9-8-17-11-16(22)12-25(17)21(28)29-13-15-5-2-1-3-6-15/h1-7,10,16-17H,8-9,11-14H2,(H,26,27). The van der Waals surface area contributed by atoms with Crippen molar-refractivity contribution in [3.8, 4) is 0 Å². The first kappa shape index (κ1) is 20.8. The van der Waals surface area contributed by atoms with E-state index in [0.29, 0.717) is 24.0 Å². The SMILES string of the molecule is O=C(O)COC1(c2cccnc2Br)CCC2CC1CN2C(=O)OCc1ccccc1. The molecule has 2 fully saturated rings. The summed E-state index contributed by atoms with van der Waals surface area (Å²) in [6, 6.07) is 13.4. The Morgan fingerprint density at radius 2 is 2.03 bits per heavy atom. The highest BCUT2D eigenvalue weighted by atomic mass is 79.9. The van der Waals surface area contributed by atoms with Gasteiger partial charge in [-0.25, -0.2) is 14.6 Å². The van der Waals surface area contributed by atoms with Gasteiger partial charge in [0.1, 0.15) is 23.4 Å². The van der Waals surface area contributed by atoms with Gasteiger partial charge in [0.15, 0.2) is 0 Å². The molecule has 1 N–H and O–H groups in total. The van der Waals surface area contributed by atoms with Crippen molar-refractivity contribution in [2.45, 2.75) is 37.5 Å². The molecule has 1 saturated carbocycles. The lowest BCUT2D eigenvalue weighted by molar-refractivity contribution is -0.158. The van der Waals surface area contributed by atoms with Crippen LogP contribution in [-0.4, -0.2) is 46.2 Å². The van der Waals surface area contributed by atoms with Gasteiger partial charge in [-0.15, -0.1) is 0 Å². The lowest BCUT2D eigenvalue weighted by Crippen LogP contribution is -2.43. The van der Waals surface area contributed by atoms with Crippen LogP contribution in [0.5, 0.6) is 0 Å². The second-order valence-corrected chi connectivity index (χ2v) is 8.48. The molecule has 1 aliphatic heterocycles. The van der Waals surface area contributed by atoms with Crippen LogP contribution in [0.4, 0.5) is 4.79 Å². The number of amides is 1. The summed E-state index contributed by atoms with van der Waals surface area (Å²) in [4.78, 5) is 30.1. The number of hydrogen-bond donors (Lipinski definition) is 1. The van der Waals surface area contributed by atoms with Gasteiger partial charge in [0.05, 0.1) is 0 Å². The topological polar surface area (TPSA) is 89.0 Å². The van der Waals surface area contributed by atoms with Gasteiger partial charge in [-0.1, -0.05) is 36.4 Å². The summed E-state index contributed by atoms with van der Waals surface area (Å²) < 4.78 is 12.2. The second-order valence-electron chi connectivity index (χ2n) is 7.73. The summed E-state index contributed by atoms with van der Waals surface area (Å²) in [7, 11) is 0.